The molecule has 1 saturated heterocycles. The molecule has 0 aromatic carbocycles. The van der Waals surface area contributed by atoms with Gasteiger partial charge in [-0.1, -0.05) is 0 Å². The molecule has 8 N–H and O–H groups in total. The summed E-state index contributed by atoms with van der Waals surface area (Å²) < 4.78 is 4.92. The Labute approximate surface area is 147 Å². The van der Waals surface area contributed by atoms with E-state index in [0.29, 0.717) is 0 Å². The number of rotatable bonds is 7. The smallest absolute Gasteiger partial charge is 0.365 e. The van der Waals surface area contributed by atoms with E-state index in [1.54, 1.807) is 0 Å². The highest BCUT2D eigenvalue weighted by molar-refractivity contribution is 5.92. The number of carbonyl (C=O) groups excluding carboxylic acids is 2. The highest BCUT2D eigenvalue weighted by Crippen LogP contribution is 2.36. The van der Waals surface area contributed by atoms with E-state index < -0.39 is 72.5 Å². The number of aliphatic hydroxyl groups is 6. The second-order valence-corrected chi connectivity index (χ2v) is 6.10. The van der Waals surface area contributed by atoms with Crippen molar-refractivity contribution in [3.8, 4) is 0 Å². The largest absolute Gasteiger partial charge is 0.477 e. The molecule has 8 atom stereocenters. The number of Topliss-reactive ketones (excluding diaryl/α,β-unsaturated/α-hetero) is 1. The van der Waals surface area contributed by atoms with Crippen LogP contribution < -0.4 is 5.32 Å². The number of nitrogens with one attached hydrogen (secondary N) is 1. The van der Waals surface area contributed by atoms with Gasteiger partial charge in [-0.05, 0) is 6.92 Å². The van der Waals surface area contributed by atoms with Crippen LogP contribution in [-0.2, 0) is 19.1 Å². The van der Waals surface area contributed by atoms with Gasteiger partial charge in [-0.25, -0.2) is 4.79 Å². The van der Waals surface area contributed by atoms with Crippen LogP contribution in [0.4, 0.5) is 0 Å². The predicted molar refractivity (Wildman–Crippen MR) is 80.3 cm³/mol. The van der Waals surface area contributed by atoms with Gasteiger partial charge in [-0.2, -0.15) is 0 Å². The van der Waals surface area contributed by atoms with Crippen LogP contribution in [0.2, 0.25) is 0 Å². The molecule has 1 aliphatic rings. The summed E-state index contributed by atoms with van der Waals surface area (Å²) in [7, 11) is 0. The molecule has 0 aromatic heterocycles. The molecule has 12 heteroatoms. The third-order valence-electron chi connectivity index (χ3n) is 4.11. The van der Waals surface area contributed by atoms with Gasteiger partial charge in [0.2, 0.25) is 5.91 Å². The fourth-order valence-electron chi connectivity index (χ4n) is 2.80. The number of carboxylic acids is 1. The first kappa shape index (κ1) is 22.4. The summed E-state index contributed by atoms with van der Waals surface area (Å²) in [6.07, 6.45) is -9.71. The van der Waals surface area contributed by atoms with Crippen molar-refractivity contribution >= 4 is 17.7 Å². The molecule has 12 nitrogen and oxygen atoms in total. The molecular formula is C14H23NO11. The zero-order chi connectivity index (χ0) is 20.4. The van der Waals surface area contributed by atoms with E-state index in [4.69, 9.17) is 9.84 Å². The predicted octanol–water partition coefficient (Wildman–Crippen LogP) is -4.70. The van der Waals surface area contributed by atoms with Gasteiger partial charge in [-0.15, -0.1) is 0 Å². The molecule has 26 heavy (non-hydrogen) atoms. The number of carboxylic acid groups (broad SMARTS) is 1. The van der Waals surface area contributed by atoms with Gasteiger partial charge in [0.25, 0.3) is 5.79 Å². The molecule has 0 bridgehead atoms. The molecule has 1 heterocycles. The Bertz CT molecular complexity index is 553. The lowest BCUT2D eigenvalue weighted by Gasteiger charge is -2.48. The van der Waals surface area contributed by atoms with E-state index in [1.165, 1.54) is 0 Å². The number of carbonyl (C=O) groups is 3. The average molecular weight is 381 g/mol. The minimum atomic E-state index is -3.37. The molecule has 0 radical (unpaired) electrons. The zero-order valence-electron chi connectivity index (χ0n) is 14.0. The number of hydrogen-bond acceptors (Lipinski definition) is 10. The fraction of sp³-hybridized carbons (Fsp3) is 0.786. The molecule has 0 spiro atoms. The first-order valence-electron chi connectivity index (χ1n) is 7.66. The number of aliphatic carboxylic acids is 1. The maximum atomic E-state index is 12.1. The van der Waals surface area contributed by atoms with Crippen LogP contribution in [-0.4, -0.2) is 102 Å². The van der Waals surface area contributed by atoms with E-state index in [0.717, 1.165) is 13.8 Å². The Morgan fingerprint density at radius 3 is 2.15 bits per heavy atom. The second-order valence-electron chi connectivity index (χ2n) is 6.10. The summed E-state index contributed by atoms with van der Waals surface area (Å²) in [4.78, 5) is 35.0. The van der Waals surface area contributed by atoms with Crippen LogP contribution in [0.15, 0.2) is 0 Å². The lowest BCUT2D eigenvalue weighted by molar-refractivity contribution is -0.314. The van der Waals surface area contributed by atoms with Crippen LogP contribution in [0.5, 0.6) is 0 Å². The SMILES string of the molecule is CC(=O)N[C@H]1[C@H]([C@H](O)[C@H](O)CO)OC(O)(C(=O)O)C(C(=O)C(C)O)[C@@H]1O. The molecule has 0 saturated carbocycles. The number of ketones is 1. The molecule has 1 amide bonds. The molecule has 1 fully saturated rings. The van der Waals surface area contributed by atoms with Gasteiger partial charge in [0, 0.05) is 6.92 Å². The van der Waals surface area contributed by atoms with Crippen LogP contribution in [0, 0.1) is 5.92 Å². The molecule has 3 unspecified atom stereocenters. The monoisotopic (exact) mass is 381 g/mol. The molecule has 150 valence electrons. The van der Waals surface area contributed by atoms with E-state index in [1.807, 2.05) is 0 Å². The normalized spacial score (nSPS) is 35.2. The van der Waals surface area contributed by atoms with E-state index in [-0.39, 0.29) is 0 Å². The van der Waals surface area contributed by atoms with Gasteiger partial charge >= 0.3 is 5.97 Å². The van der Waals surface area contributed by atoms with Crippen molar-refractivity contribution in [3.63, 3.8) is 0 Å². The Hall–Kier alpha value is -1.67. The highest BCUT2D eigenvalue weighted by Gasteiger charge is 2.63. The van der Waals surface area contributed by atoms with Gasteiger partial charge in [0.05, 0.1) is 18.8 Å². The maximum absolute atomic E-state index is 12.1. The van der Waals surface area contributed by atoms with Gasteiger partial charge in [0.15, 0.2) is 5.78 Å². The summed E-state index contributed by atoms with van der Waals surface area (Å²) in [5, 5.41) is 70.2. The molecular weight excluding hydrogens is 358 g/mol. The fourth-order valence-corrected chi connectivity index (χ4v) is 2.80. The van der Waals surface area contributed by atoms with Crippen LogP contribution in [0.3, 0.4) is 0 Å². The Kier molecular flexibility index (Phi) is 7.18. The Balaban J connectivity index is 3.44. The van der Waals surface area contributed by atoms with Crippen LogP contribution in [0.1, 0.15) is 13.8 Å². The lowest BCUT2D eigenvalue weighted by Crippen LogP contribution is -2.73. The maximum Gasteiger partial charge on any atom is 0.365 e. The van der Waals surface area contributed by atoms with Gasteiger partial charge in [-0.3, -0.25) is 9.59 Å². The van der Waals surface area contributed by atoms with E-state index in [9.17, 15) is 45.0 Å². The topological polar surface area (TPSA) is 214 Å². The highest BCUT2D eigenvalue weighted by atomic mass is 16.7. The minimum Gasteiger partial charge on any atom is -0.477 e. The van der Waals surface area contributed by atoms with Crippen LogP contribution in [0.25, 0.3) is 0 Å². The third kappa shape index (κ3) is 4.17. The quantitative estimate of drug-likeness (QED) is 0.210. The van der Waals surface area contributed by atoms with Crippen molar-refractivity contribution in [1.82, 2.24) is 5.32 Å². The molecule has 0 aromatic rings. The second kappa shape index (κ2) is 8.35. The Morgan fingerprint density at radius 1 is 1.23 bits per heavy atom. The van der Waals surface area contributed by atoms with Crippen molar-refractivity contribution in [1.29, 1.82) is 0 Å². The first-order chi connectivity index (χ1) is 11.9. The van der Waals surface area contributed by atoms with Crippen molar-refractivity contribution in [2.24, 2.45) is 5.92 Å². The molecule has 1 rings (SSSR count). The average Bonchev–Trinajstić information content (AvgIpc) is 2.55. The lowest BCUT2D eigenvalue weighted by atomic mass is 9.77. The zero-order valence-corrected chi connectivity index (χ0v) is 14.0. The minimum absolute atomic E-state index is 0.766. The molecule has 1 aliphatic heterocycles. The number of amides is 1. The van der Waals surface area contributed by atoms with Crippen molar-refractivity contribution in [2.45, 2.75) is 56.2 Å². The Morgan fingerprint density at radius 2 is 1.77 bits per heavy atom. The van der Waals surface area contributed by atoms with Crippen molar-refractivity contribution < 1.29 is 54.9 Å². The third-order valence-corrected chi connectivity index (χ3v) is 4.11. The standard InChI is InChI=1S/C14H23NO11/c1-4(17)9(20)7-11(22)8(15-5(2)18)12(10(21)6(19)3-16)26-14(7,25)13(23)24/h4,6-8,10-12,16-17,19,21-22,25H,3H2,1-2H3,(H,15,18)(H,23,24)/t4?,6-,7?,8-,10-,11+,12-,14?/m1/s1. The van der Waals surface area contributed by atoms with E-state index >= 15 is 0 Å². The summed E-state index contributed by atoms with van der Waals surface area (Å²) in [5.41, 5.74) is 0. The van der Waals surface area contributed by atoms with Gasteiger partial charge < -0.3 is 45.8 Å². The van der Waals surface area contributed by atoms with Crippen LogP contribution >= 0.6 is 0 Å². The summed E-state index contributed by atoms with van der Waals surface area (Å²) in [6.45, 7) is 1.01. The van der Waals surface area contributed by atoms with E-state index in [2.05, 4.69) is 5.32 Å². The summed E-state index contributed by atoms with van der Waals surface area (Å²) in [5.74, 6) is -9.74. The summed E-state index contributed by atoms with van der Waals surface area (Å²) in [6, 6.07) is -1.64. The first-order valence-corrected chi connectivity index (χ1v) is 7.66. The summed E-state index contributed by atoms with van der Waals surface area (Å²) >= 11 is 0. The van der Waals surface area contributed by atoms with Crippen molar-refractivity contribution in [3.05, 3.63) is 0 Å². The number of aliphatic hydroxyl groups excluding tert-OH is 5. The molecule has 0 aliphatic carbocycles. The number of ether oxygens (including phenoxy) is 1. The van der Waals surface area contributed by atoms with Crippen molar-refractivity contribution in [2.75, 3.05) is 6.61 Å². The number of hydrogen-bond donors (Lipinski definition) is 8. The van der Waals surface area contributed by atoms with Gasteiger partial charge in [0.1, 0.15) is 30.3 Å².